The predicted molar refractivity (Wildman–Crippen MR) is 228 cm³/mol. The normalized spacial score (nSPS) is 16.0. The zero-order chi connectivity index (χ0) is 35.6. The van der Waals surface area contributed by atoms with E-state index in [-0.39, 0.29) is 12.3 Å². The predicted octanol–water partition coefficient (Wildman–Crippen LogP) is 12.3. The lowest BCUT2D eigenvalue weighted by Crippen LogP contribution is -2.45. The maximum Gasteiger partial charge on any atom is 0.133 e. The zero-order valence-electron chi connectivity index (χ0n) is 29.3. The lowest BCUT2D eigenvalue weighted by molar-refractivity contribution is 0.411. The van der Waals surface area contributed by atoms with E-state index in [0.717, 1.165) is 17.0 Å². The quantitative estimate of drug-likeness (QED) is 0.187. The molecule has 8 aromatic carbocycles. The molecule has 2 unspecified atom stereocenters. The Morgan fingerprint density at radius 2 is 1.20 bits per heavy atom. The SMILES string of the molecule is c1ccc(C2N=C(c3cccc4c3sc3cc(-c5ccc6c(c5)c5ccccc5n6-c5ccccc5)ccc34)NC(c3cccc4ccccc34)N2)cc1. The molecule has 1 aliphatic heterocycles. The molecule has 2 N–H and O–H groups in total. The van der Waals surface area contributed by atoms with Gasteiger partial charge in [0.1, 0.15) is 18.2 Å². The van der Waals surface area contributed by atoms with Gasteiger partial charge in [0.15, 0.2) is 0 Å². The monoisotopic (exact) mass is 710 g/mol. The number of fused-ring (bicyclic) bond motifs is 7. The van der Waals surface area contributed by atoms with Crippen molar-refractivity contribution in [1.29, 1.82) is 0 Å². The van der Waals surface area contributed by atoms with Crippen molar-refractivity contribution < 1.29 is 0 Å². The minimum absolute atomic E-state index is 0.132. The minimum Gasteiger partial charge on any atom is -0.350 e. The van der Waals surface area contributed by atoms with Crippen LogP contribution in [0.15, 0.2) is 187 Å². The van der Waals surface area contributed by atoms with Crippen molar-refractivity contribution in [2.45, 2.75) is 12.3 Å². The minimum atomic E-state index is -0.203. The summed E-state index contributed by atoms with van der Waals surface area (Å²) in [7, 11) is 0. The van der Waals surface area contributed by atoms with Crippen LogP contribution in [0, 0.1) is 0 Å². The summed E-state index contributed by atoms with van der Waals surface area (Å²) in [6.07, 6.45) is -0.335. The smallest absolute Gasteiger partial charge is 0.133 e. The first kappa shape index (κ1) is 31.0. The summed E-state index contributed by atoms with van der Waals surface area (Å²) < 4.78 is 4.87. The second kappa shape index (κ2) is 12.6. The van der Waals surface area contributed by atoms with E-state index in [1.165, 1.54) is 75.1 Å². The Kier molecular flexibility index (Phi) is 7.22. The molecule has 0 amide bonds. The van der Waals surface area contributed by atoms with Gasteiger partial charge in [0.2, 0.25) is 0 Å². The number of hydrogen-bond donors (Lipinski definition) is 2. The number of aromatic nitrogens is 1. The van der Waals surface area contributed by atoms with Crippen LogP contribution in [0.25, 0.3) is 69.6 Å². The van der Waals surface area contributed by atoms with Gasteiger partial charge >= 0.3 is 0 Å². The summed E-state index contributed by atoms with van der Waals surface area (Å²) >= 11 is 1.85. The summed E-state index contributed by atoms with van der Waals surface area (Å²) in [6.45, 7) is 0. The van der Waals surface area contributed by atoms with Crippen LogP contribution in [0.1, 0.15) is 29.0 Å². The third kappa shape index (κ3) is 5.05. The fourth-order valence-electron chi connectivity index (χ4n) is 8.34. The maximum atomic E-state index is 5.34. The second-order valence-corrected chi connectivity index (χ2v) is 15.1. The summed E-state index contributed by atoms with van der Waals surface area (Å²) in [6, 6.07) is 65.6. The molecule has 0 bridgehead atoms. The lowest BCUT2D eigenvalue weighted by atomic mass is 10.00. The molecule has 0 saturated carbocycles. The molecule has 54 heavy (non-hydrogen) atoms. The van der Waals surface area contributed by atoms with E-state index in [9.17, 15) is 0 Å². The first-order chi connectivity index (χ1) is 26.8. The van der Waals surface area contributed by atoms with Crippen molar-refractivity contribution in [3.05, 3.63) is 199 Å². The number of nitrogens with one attached hydrogen (secondary N) is 2. The average Bonchev–Trinajstić information content (AvgIpc) is 3.79. The Morgan fingerprint density at radius 3 is 2.09 bits per heavy atom. The molecule has 5 heteroatoms. The van der Waals surface area contributed by atoms with Crippen LogP contribution in [0.5, 0.6) is 0 Å². The molecule has 4 nitrogen and oxygen atoms in total. The van der Waals surface area contributed by atoms with Crippen LogP contribution in [0.4, 0.5) is 0 Å². The molecule has 11 rings (SSSR count). The van der Waals surface area contributed by atoms with Crippen molar-refractivity contribution >= 4 is 69.9 Å². The maximum absolute atomic E-state index is 5.34. The Labute approximate surface area is 316 Å². The van der Waals surface area contributed by atoms with Gasteiger partial charge in [0.05, 0.1) is 11.0 Å². The van der Waals surface area contributed by atoms with Crippen LogP contribution in [0.2, 0.25) is 0 Å². The Hall–Kier alpha value is -6.53. The molecule has 0 spiro atoms. The molecular formula is C49H34N4S. The molecule has 3 heterocycles. The van der Waals surface area contributed by atoms with Crippen LogP contribution < -0.4 is 10.6 Å². The van der Waals surface area contributed by atoms with Gasteiger partial charge in [-0.05, 0) is 75.5 Å². The van der Waals surface area contributed by atoms with E-state index in [4.69, 9.17) is 4.99 Å². The van der Waals surface area contributed by atoms with Crippen molar-refractivity contribution in [2.75, 3.05) is 0 Å². The number of hydrogen-bond acceptors (Lipinski definition) is 4. The van der Waals surface area contributed by atoms with E-state index in [0.29, 0.717) is 0 Å². The van der Waals surface area contributed by atoms with Crippen LogP contribution in [-0.4, -0.2) is 10.4 Å². The van der Waals surface area contributed by atoms with Crippen molar-refractivity contribution in [2.24, 2.45) is 4.99 Å². The third-order valence-corrected chi connectivity index (χ3v) is 12.1. The lowest BCUT2D eigenvalue weighted by Gasteiger charge is -2.33. The van der Waals surface area contributed by atoms with Gasteiger partial charge < -0.3 is 9.88 Å². The second-order valence-electron chi connectivity index (χ2n) is 14.0. The van der Waals surface area contributed by atoms with Gasteiger partial charge in [-0.15, -0.1) is 11.3 Å². The standard InChI is InChI=1S/C49H34N4S/c1-3-14-32(15-4-1)47-50-48(40-22-11-16-31-13-7-8-19-36(31)40)52-49(51-47)41-23-12-21-39-38-27-25-34(30-45(38)54-46(39)41)33-26-28-44-42(29-33)37-20-9-10-24-43(37)53(44)35-17-5-2-6-18-35/h1-30,47-48,50H,(H,51,52). The number of nitrogens with zero attached hydrogens (tertiary/aromatic N) is 2. The van der Waals surface area contributed by atoms with Gasteiger partial charge in [-0.25, -0.2) is 4.99 Å². The topological polar surface area (TPSA) is 41.4 Å². The first-order valence-corrected chi connectivity index (χ1v) is 19.3. The number of thiophene rings is 1. The molecule has 0 aliphatic carbocycles. The molecule has 256 valence electrons. The van der Waals surface area contributed by atoms with Gasteiger partial charge in [-0.1, -0.05) is 140 Å². The molecule has 2 atom stereocenters. The van der Waals surface area contributed by atoms with Crippen LogP contribution >= 0.6 is 11.3 Å². The fraction of sp³-hybridized carbons (Fsp3) is 0.0408. The number of aliphatic imine (C=N–C) groups is 1. The Morgan fingerprint density at radius 1 is 0.519 bits per heavy atom. The van der Waals surface area contributed by atoms with E-state index in [1.54, 1.807) is 0 Å². The van der Waals surface area contributed by atoms with Crippen LogP contribution in [0.3, 0.4) is 0 Å². The Balaban J connectivity index is 1.02. The van der Waals surface area contributed by atoms with E-state index >= 15 is 0 Å². The van der Waals surface area contributed by atoms with Crippen molar-refractivity contribution in [3.63, 3.8) is 0 Å². The molecule has 0 fully saturated rings. The van der Waals surface area contributed by atoms with E-state index < -0.39 is 0 Å². The zero-order valence-corrected chi connectivity index (χ0v) is 30.1. The van der Waals surface area contributed by atoms with Gasteiger partial charge in [0.25, 0.3) is 0 Å². The van der Waals surface area contributed by atoms with Gasteiger partial charge in [0, 0.05) is 42.2 Å². The van der Waals surface area contributed by atoms with E-state index in [2.05, 4.69) is 197 Å². The van der Waals surface area contributed by atoms with Crippen LogP contribution in [-0.2, 0) is 0 Å². The third-order valence-electron chi connectivity index (χ3n) is 10.9. The fourth-order valence-corrected chi connectivity index (χ4v) is 9.59. The summed E-state index contributed by atoms with van der Waals surface area (Å²) in [5.41, 5.74) is 9.50. The van der Waals surface area contributed by atoms with Crippen molar-refractivity contribution in [3.8, 4) is 16.8 Å². The highest BCUT2D eigenvalue weighted by Crippen LogP contribution is 2.41. The van der Waals surface area contributed by atoms with Gasteiger partial charge in [-0.3, -0.25) is 5.32 Å². The Bertz CT molecular complexity index is 3060. The largest absolute Gasteiger partial charge is 0.350 e. The molecular weight excluding hydrogens is 677 g/mol. The highest BCUT2D eigenvalue weighted by molar-refractivity contribution is 7.26. The van der Waals surface area contributed by atoms with Gasteiger partial charge in [-0.2, -0.15) is 0 Å². The summed E-state index contributed by atoms with van der Waals surface area (Å²) in [5.74, 6) is 0.901. The molecule has 2 aromatic heterocycles. The number of benzene rings is 8. The molecule has 10 aromatic rings. The summed E-state index contributed by atoms with van der Waals surface area (Å²) in [4.78, 5) is 5.34. The molecule has 0 saturated heterocycles. The summed E-state index contributed by atoms with van der Waals surface area (Å²) in [5, 5.41) is 15.1. The first-order valence-electron chi connectivity index (χ1n) is 18.4. The van der Waals surface area contributed by atoms with Crippen molar-refractivity contribution in [1.82, 2.24) is 15.2 Å². The van der Waals surface area contributed by atoms with E-state index in [1.807, 2.05) is 11.3 Å². The highest BCUT2D eigenvalue weighted by atomic mass is 32.1. The number of amidine groups is 1. The highest BCUT2D eigenvalue weighted by Gasteiger charge is 2.27. The molecule has 0 radical (unpaired) electrons. The molecule has 1 aliphatic rings. The number of para-hydroxylation sites is 2. The average molecular weight is 711 g/mol. The number of rotatable bonds is 5.